The summed E-state index contributed by atoms with van der Waals surface area (Å²) in [6, 6.07) is 12.0. The molecule has 0 aromatic heterocycles. The number of hydrogen-bond donors (Lipinski definition) is 1. The maximum absolute atomic E-state index is 12.8. The maximum Gasteiger partial charge on any atom is 0.253 e. The van der Waals surface area contributed by atoms with Gasteiger partial charge in [-0.05, 0) is 56.0 Å². The number of nitrogens with zero attached hydrogens (tertiary/aromatic N) is 1. The number of nitrogens with one attached hydrogen (secondary N) is 1. The van der Waals surface area contributed by atoms with E-state index >= 15 is 0 Å². The number of sulfonamides is 1. The molecule has 1 saturated heterocycles. The summed E-state index contributed by atoms with van der Waals surface area (Å²) < 4.78 is 32.7. The Morgan fingerprint density at radius 1 is 1.13 bits per heavy atom. The lowest BCUT2D eigenvalue weighted by atomic mass is 10.1. The standard InChI is InChI=1S/C22H27ClN2O4S/c1-16(2)29-15-18-8-4-3-7-17(18)14-24-22(26)20-13-19(9-10-21(20)23)30(27,28)25-11-5-6-12-25/h3-4,7-10,13,16H,5-6,11-12,14-15H2,1-2H3,(H,24,26). The van der Waals surface area contributed by atoms with Gasteiger partial charge in [0.25, 0.3) is 5.91 Å². The Balaban J connectivity index is 1.75. The van der Waals surface area contributed by atoms with Crippen LogP contribution in [0.25, 0.3) is 0 Å². The lowest BCUT2D eigenvalue weighted by Crippen LogP contribution is -2.28. The van der Waals surface area contributed by atoms with E-state index in [2.05, 4.69) is 5.32 Å². The number of hydrogen-bond acceptors (Lipinski definition) is 4. The minimum atomic E-state index is -3.62. The Morgan fingerprint density at radius 2 is 1.80 bits per heavy atom. The molecule has 3 rings (SSSR count). The Labute approximate surface area is 183 Å². The first-order valence-electron chi connectivity index (χ1n) is 10.1. The van der Waals surface area contributed by atoms with E-state index in [1.165, 1.54) is 22.5 Å². The van der Waals surface area contributed by atoms with E-state index in [9.17, 15) is 13.2 Å². The number of halogens is 1. The Hall–Kier alpha value is -1.93. The second-order valence-electron chi connectivity index (χ2n) is 7.56. The third-order valence-corrected chi connectivity index (χ3v) is 7.24. The molecule has 6 nitrogen and oxygen atoms in total. The SMILES string of the molecule is CC(C)OCc1ccccc1CNC(=O)c1cc(S(=O)(=O)N2CCCC2)ccc1Cl. The molecule has 1 aliphatic rings. The summed E-state index contributed by atoms with van der Waals surface area (Å²) in [6.07, 6.45) is 1.80. The molecule has 1 heterocycles. The number of benzene rings is 2. The van der Waals surface area contributed by atoms with Crippen molar-refractivity contribution in [3.05, 3.63) is 64.2 Å². The van der Waals surface area contributed by atoms with Crippen LogP contribution >= 0.6 is 11.6 Å². The average Bonchev–Trinajstić information content (AvgIpc) is 3.27. The van der Waals surface area contributed by atoms with Crippen LogP contribution in [0.2, 0.25) is 5.02 Å². The summed E-state index contributed by atoms with van der Waals surface area (Å²) in [5.74, 6) is -0.418. The van der Waals surface area contributed by atoms with Gasteiger partial charge in [-0.2, -0.15) is 4.31 Å². The normalized spacial score (nSPS) is 14.9. The lowest BCUT2D eigenvalue weighted by Gasteiger charge is -2.17. The number of rotatable bonds is 8. The van der Waals surface area contributed by atoms with Crippen molar-refractivity contribution < 1.29 is 17.9 Å². The molecule has 0 aliphatic carbocycles. The van der Waals surface area contributed by atoms with Crippen molar-refractivity contribution in [2.24, 2.45) is 0 Å². The smallest absolute Gasteiger partial charge is 0.253 e. The zero-order chi connectivity index (χ0) is 21.7. The molecule has 8 heteroatoms. The number of ether oxygens (including phenoxy) is 1. The minimum Gasteiger partial charge on any atom is -0.374 e. The molecule has 0 saturated carbocycles. The van der Waals surface area contributed by atoms with Gasteiger partial charge in [0.05, 0.1) is 28.2 Å². The van der Waals surface area contributed by atoms with Crippen molar-refractivity contribution >= 4 is 27.5 Å². The van der Waals surface area contributed by atoms with Crippen molar-refractivity contribution in [1.29, 1.82) is 0 Å². The second kappa shape index (κ2) is 9.92. The predicted octanol–water partition coefficient (Wildman–Crippen LogP) is 3.98. The van der Waals surface area contributed by atoms with Gasteiger partial charge >= 0.3 is 0 Å². The quantitative estimate of drug-likeness (QED) is 0.660. The molecule has 1 N–H and O–H groups in total. The van der Waals surface area contributed by atoms with Crippen molar-refractivity contribution in [1.82, 2.24) is 9.62 Å². The highest BCUT2D eigenvalue weighted by Gasteiger charge is 2.28. The molecule has 1 aliphatic heterocycles. The Morgan fingerprint density at radius 3 is 2.47 bits per heavy atom. The first-order valence-corrected chi connectivity index (χ1v) is 11.9. The molecule has 0 atom stereocenters. The van der Waals surface area contributed by atoms with E-state index in [1.807, 2.05) is 38.1 Å². The van der Waals surface area contributed by atoms with Gasteiger partial charge in [-0.15, -0.1) is 0 Å². The van der Waals surface area contributed by atoms with Gasteiger partial charge < -0.3 is 10.1 Å². The number of carbonyl (C=O) groups excluding carboxylic acids is 1. The molecule has 162 valence electrons. The lowest BCUT2D eigenvalue weighted by molar-refractivity contribution is 0.0651. The molecule has 0 radical (unpaired) electrons. The van der Waals surface area contributed by atoms with Gasteiger partial charge in [-0.25, -0.2) is 8.42 Å². The van der Waals surface area contributed by atoms with Crippen LogP contribution < -0.4 is 5.32 Å². The average molecular weight is 451 g/mol. The molecular formula is C22H27ClN2O4S. The molecule has 1 fully saturated rings. The summed E-state index contributed by atoms with van der Waals surface area (Å²) in [7, 11) is -3.62. The van der Waals surface area contributed by atoms with Gasteiger partial charge in [0.2, 0.25) is 10.0 Å². The molecule has 1 amide bonds. The fourth-order valence-corrected chi connectivity index (χ4v) is 5.06. The molecule has 2 aromatic rings. The molecular weight excluding hydrogens is 424 g/mol. The van der Waals surface area contributed by atoms with Crippen LogP contribution in [0.15, 0.2) is 47.4 Å². The van der Waals surface area contributed by atoms with Crippen LogP contribution in [-0.2, 0) is 27.9 Å². The van der Waals surface area contributed by atoms with E-state index in [0.29, 0.717) is 19.7 Å². The van der Waals surface area contributed by atoms with E-state index in [1.54, 1.807) is 0 Å². The fraction of sp³-hybridized carbons (Fsp3) is 0.409. The topological polar surface area (TPSA) is 75.7 Å². The second-order valence-corrected chi connectivity index (χ2v) is 9.91. The van der Waals surface area contributed by atoms with Crippen molar-refractivity contribution in [2.75, 3.05) is 13.1 Å². The van der Waals surface area contributed by atoms with Crippen LogP contribution in [0.5, 0.6) is 0 Å². The van der Waals surface area contributed by atoms with E-state index < -0.39 is 15.9 Å². The molecule has 30 heavy (non-hydrogen) atoms. The van der Waals surface area contributed by atoms with Crippen LogP contribution in [0.1, 0.15) is 48.2 Å². The Bertz CT molecular complexity index is 1000. The van der Waals surface area contributed by atoms with E-state index in [-0.39, 0.29) is 28.1 Å². The Kier molecular flexibility index (Phi) is 7.52. The van der Waals surface area contributed by atoms with Crippen LogP contribution in [-0.4, -0.2) is 37.8 Å². The van der Waals surface area contributed by atoms with Crippen molar-refractivity contribution in [3.63, 3.8) is 0 Å². The zero-order valence-corrected chi connectivity index (χ0v) is 18.8. The van der Waals surface area contributed by atoms with Crippen LogP contribution in [0.4, 0.5) is 0 Å². The highest BCUT2D eigenvalue weighted by atomic mass is 35.5. The van der Waals surface area contributed by atoms with E-state index in [0.717, 1.165) is 24.0 Å². The van der Waals surface area contributed by atoms with Gasteiger partial charge in [-0.1, -0.05) is 35.9 Å². The molecule has 0 bridgehead atoms. The third-order valence-electron chi connectivity index (χ3n) is 5.02. The largest absolute Gasteiger partial charge is 0.374 e. The highest BCUT2D eigenvalue weighted by Crippen LogP contribution is 2.25. The van der Waals surface area contributed by atoms with Crippen LogP contribution in [0.3, 0.4) is 0 Å². The maximum atomic E-state index is 12.8. The fourth-order valence-electron chi connectivity index (χ4n) is 3.31. The first-order chi connectivity index (χ1) is 14.3. The first kappa shape index (κ1) is 22.7. The van der Waals surface area contributed by atoms with E-state index in [4.69, 9.17) is 16.3 Å². The number of carbonyl (C=O) groups is 1. The molecule has 0 spiro atoms. The van der Waals surface area contributed by atoms with Gasteiger partial charge in [-0.3, -0.25) is 4.79 Å². The predicted molar refractivity (Wildman–Crippen MR) is 117 cm³/mol. The minimum absolute atomic E-state index is 0.0877. The van der Waals surface area contributed by atoms with Gasteiger partial charge in [0.1, 0.15) is 0 Å². The molecule has 2 aromatic carbocycles. The van der Waals surface area contributed by atoms with Crippen LogP contribution in [0, 0.1) is 0 Å². The summed E-state index contributed by atoms with van der Waals surface area (Å²) in [4.78, 5) is 12.9. The van der Waals surface area contributed by atoms with Gasteiger partial charge in [0.15, 0.2) is 0 Å². The van der Waals surface area contributed by atoms with Crippen molar-refractivity contribution in [2.45, 2.75) is 50.8 Å². The third kappa shape index (κ3) is 5.40. The monoisotopic (exact) mass is 450 g/mol. The molecule has 0 unspecified atom stereocenters. The summed E-state index contributed by atoms with van der Waals surface area (Å²) >= 11 is 6.21. The van der Waals surface area contributed by atoms with Gasteiger partial charge in [0, 0.05) is 19.6 Å². The van der Waals surface area contributed by atoms with Crippen molar-refractivity contribution in [3.8, 4) is 0 Å². The summed E-state index contributed by atoms with van der Waals surface area (Å²) in [6.45, 7) is 5.68. The summed E-state index contributed by atoms with van der Waals surface area (Å²) in [5.41, 5.74) is 2.07. The zero-order valence-electron chi connectivity index (χ0n) is 17.2. The highest BCUT2D eigenvalue weighted by molar-refractivity contribution is 7.89. The summed E-state index contributed by atoms with van der Waals surface area (Å²) in [5, 5.41) is 3.06. The number of amides is 1.